The van der Waals surface area contributed by atoms with E-state index < -0.39 is 60.3 Å². The molecule has 4 aromatic rings. The lowest BCUT2D eigenvalue weighted by molar-refractivity contribution is -0.415. The van der Waals surface area contributed by atoms with Crippen LogP contribution in [0.3, 0.4) is 0 Å². The molecule has 2 fully saturated rings. The topological polar surface area (TPSA) is 174 Å². The van der Waals surface area contributed by atoms with Gasteiger partial charge in [0, 0.05) is 0 Å². The highest BCUT2D eigenvalue weighted by Gasteiger charge is 2.38. The number of quaternary nitrogens is 1. The summed E-state index contributed by atoms with van der Waals surface area (Å²) in [6, 6.07) is 37.7. The van der Waals surface area contributed by atoms with E-state index in [1.165, 1.54) is 0 Å². The minimum Gasteiger partial charge on any atom is -1.00 e. The Morgan fingerprint density at radius 1 is 0.578 bits per heavy atom. The standard InChI is InChI=1S/C27H35NO7.C22H27NO5.ClH/c1-19-24(33-16-21-13-9-6-10-14-21)23(32-15-20-11-7-5-8-12-20)18-31-17-22(25(29)34-19)28-26(30)35-27(2,3)4;1-16-21(27-13-18-10-6-3-7-11-18)20(15-25-14-19(23)22(24)28-16)26-12-17-8-4-2-5-9-17;/h5-14,19,22-24H,15-18H2,1-4H3,(H,28,30);2-11,16,19-21H,12-15,23H2,1H3;1H/t19-,22-,23+,24+;16-,19-,20+,21+;/m11./s1. The van der Waals surface area contributed by atoms with Crippen molar-refractivity contribution in [2.24, 2.45) is 0 Å². The van der Waals surface area contributed by atoms with E-state index in [0.717, 1.165) is 22.3 Å². The first kappa shape index (κ1) is 51.7. The van der Waals surface area contributed by atoms with Gasteiger partial charge in [0.25, 0.3) is 0 Å². The van der Waals surface area contributed by atoms with Crippen LogP contribution in [-0.4, -0.2) is 98.8 Å². The van der Waals surface area contributed by atoms with E-state index >= 15 is 0 Å². The summed E-state index contributed by atoms with van der Waals surface area (Å²) in [7, 11) is 0. The molecule has 0 aromatic heterocycles. The molecule has 2 aliphatic heterocycles. The second kappa shape index (κ2) is 26.8. The number of halogens is 1. The third kappa shape index (κ3) is 17.9. The van der Waals surface area contributed by atoms with Crippen LogP contribution < -0.4 is 23.5 Å². The van der Waals surface area contributed by atoms with Gasteiger partial charge in [-0.1, -0.05) is 121 Å². The van der Waals surface area contributed by atoms with Crippen molar-refractivity contribution in [3.8, 4) is 0 Å². The Morgan fingerprint density at radius 2 is 0.938 bits per heavy atom. The van der Waals surface area contributed by atoms with Crippen molar-refractivity contribution in [1.29, 1.82) is 0 Å². The monoisotopic (exact) mass is 906 g/mol. The zero-order chi connectivity index (χ0) is 45.0. The molecule has 15 heteroatoms. The maximum atomic E-state index is 12.9. The maximum absolute atomic E-state index is 12.9. The quantitative estimate of drug-likeness (QED) is 0.149. The van der Waals surface area contributed by atoms with Gasteiger partial charge in [-0.15, -0.1) is 0 Å². The van der Waals surface area contributed by atoms with Crippen LogP contribution in [0.2, 0.25) is 0 Å². The van der Waals surface area contributed by atoms with E-state index in [0.29, 0.717) is 33.0 Å². The number of benzene rings is 4. The molecule has 4 aromatic carbocycles. The largest absolute Gasteiger partial charge is 1.00 e. The fourth-order valence-electron chi connectivity index (χ4n) is 6.65. The summed E-state index contributed by atoms with van der Waals surface area (Å²) in [6.07, 6.45) is -3.80. The van der Waals surface area contributed by atoms with Gasteiger partial charge in [0.05, 0.1) is 46.2 Å². The summed E-state index contributed by atoms with van der Waals surface area (Å²) >= 11 is 0. The van der Waals surface area contributed by atoms with Crippen LogP contribution in [0, 0.1) is 0 Å². The van der Waals surface area contributed by atoms with Gasteiger partial charge in [0.1, 0.15) is 48.8 Å². The number of cyclic esters (lactones) is 2. The second-order valence-electron chi connectivity index (χ2n) is 16.4. The van der Waals surface area contributed by atoms with Crippen LogP contribution >= 0.6 is 0 Å². The summed E-state index contributed by atoms with van der Waals surface area (Å²) in [5, 5.41) is 2.54. The Labute approximate surface area is 382 Å². The zero-order valence-electron chi connectivity index (χ0n) is 37.3. The normalized spacial score (nSPS) is 24.2. The number of ether oxygens (including phenoxy) is 9. The number of nitrogens with one attached hydrogen (secondary N) is 1. The third-order valence-electron chi connectivity index (χ3n) is 9.92. The summed E-state index contributed by atoms with van der Waals surface area (Å²) in [5.74, 6) is -1.01. The van der Waals surface area contributed by atoms with Crippen molar-refractivity contribution in [3.63, 3.8) is 0 Å². The summed E-state index contributed by atoms with van der Waals surface area (Å²) in [4.78, 5) is 37.3. The lowest BCUT2D eigenvalue weighted by atomic mass is 10.1. The SMILES string of the molecule is C[C@H]1OC(=O)[C@H](NC(=O)OC(C)(C)C)COC[C@H](OCc2ccccc2)[C@H]1OCc1ccccc1.C[C@H]1OC(=O)[C@H]([NH3+])COC[C@H](OCc2ccccc2)[C@H]1OCc1ccccc1.[Cl-]. The van der Waals surface area contributed by atoms with Crippen LogP contribution in [0.25, 0.3) is 0 Å². The van der Waals surface area contributed by atoms with Gasteiger partial charge >= 0.3 is 18.0 Å². The van der Waals surface area contributed by atoms with E-state index in [4.69, 9.17) is 42.6 Å². The van der Waals surface area contributed by atoms with Crippen molar-refractivity contribution < 1.29 is 75.2 Å². The number of carbonyl (C=O) groups excluding carboxylic acids is 3. The Kier molecular flexibility index (Phi) is 21.6. The number of hydrogen-bond acceptors (Lipinski definition) is 12. The van der Waals surface area contributed by atoms with Crippen molar-refractivity contribution in [2.45, 2.75) is 115 Å². The molecule has 4 N–H and O–H groups in total. The molecule has 14 nitrogen and oxygen atoms in total. The maximum Gasteiger partial charge on any atom is 0.408 e. The molecule has 2 aliphatic rings. The second-order valence-corrected chi connectivity index (χ2v) is 16.4. The van der Waals surface area contributed by atoms with Crippen molar-refractivity contribution >= 4 is 18.0 Å². The minimum absolute atomic E-state index is 0. The Hall–Kier alpha value is -4.90. The van der Waals surface area contributed by atoms with Crippen molar-refractivity contribution in [3.05, 3.63) is 144 Å². The Morgan fingerprint density at radius 3 is 1.33 bits per heavy atom. The zero-order valence-corrected chi connectivity index (χ0v) is 38.1. The predicted molar refractivity (Wildman–Crippen MR) is 233 cm³/mol. The molecular formula is C49H63ClN2O12. The van der Waals surface area contributed by atoms with Crippen molar-refractivity contribution in [2.75, 3.05) is 26.4 Å². The highest BCUT2D eigenvalue weighted by atomic mass is 35.5. The van der Waals surface area contributed by atoms with Gasteiger partial charge in [-0.3, -0.25) is 0 Å². The number of rotatable bonds is 13. The number of amides is 1. The molecule has 1 amide bonds. The third-order valence-corrected chi connectivity index (χ3v) is 9.92. The minimum atomic E-state index is -1.02. The van der Waals surface area contributed by atoms with Crippen LogP contribution in [0.1, 0.15) is 56.9 Å². The predicted octanol–water partition coefficient (Wildman–Crippen LogP) is 2.75. The molecule has 0 bridgehead atoms. The average Bonchev–Trinajstić information content (AvgIpc) is 3.35. The number of esters is 2. The van der Waals surface area contributed by atoms with Gasteiger partial charge in [0.15, 0.2) is 6.04 Å². The van der Waals surface area contributed by atoms with Gasteiger partial charge in [-0.2, -0.15) is 0 Å². The molecule has 348 valence electrons. The highest BCUT2D eigenvalue weighted by molar-refractivity contribution is 5.81. The summed E-state index contributed by atoms with van der Waals surface area (Å²) in [6.45, 7) is 10.9. The molecule has 6 rings (SSSR count). The van der Waals surface area contributed by atoms with Gasteiger partial charge in [-0.25, -0.2) is 14.4 Å². The van der Waals surface area contributed by atoms with Gasteiger partial charge < -0.3 is 66.1 Å². The molecule has 2 heterocycles. The van der Waals surface area contributed by atoms with Gasteiger partial charge in [0.2, 0.25) is 6.04 Å². The number of carbonyl (C=O) groups is 3. The van der Waals surface area contributed by atoms with Crippen LogP contribution in [0.15, 0.2) is 121 Å². The van der Waals surface area contributed by atoms with E-state index in [-0.39, 0.29) is 44.3 Å². The fourth-order valence-corrected chi connectivity index (χ4v) is 6.65. The molecule has 0 unspecified atom stereocenters. The van der Waals surface area contributed by atoms with E-state index in [2.05, 4.69) is 11.1 Å². The first-order chi connectivity index (χ1) is 30.3. The summed E-state index contributed by atoms with van der Waals surface area (Å²) < 4.78 is 52.8. The molecule has 2 saturated heterocycles. The number of alkyl carbamates (subject to hydrolysis) is 1. The van der Waals surface area contributed by atoms with E-state index in [1.54, 1.807) is 27.7 Å². The molecule has 0 aliphatic carbocycles. The lowest BCUT2D eigenvalue weighted by Gasteiger charge is -2.30. The van der Waals surface area contributed by atoms with Crippen LogP contribution in [0.4, 0.5) is 4.79 Å². The van der Waals surface area contributed by atoms with E-state index in [9.17, 15) is 14.4 Å². The highest BCUT2D eigenvalue weighted by Crippen LogP contribution is 2.21. The fraction of sp³-hybridized carbons (Fsp3) is 0.449. The molecule has 0 saturated carbocycles. The average molecular weight is 907 g/mol. The lowest BCUT2D eigenvalue weighted by Crippen LogP contribution is -3.00. The number of hydrogen-bond donors (Lipinski definition) is 2. The first-order valence-corrected chi connectivity index (χ1v) is 21.4. The first-order valence-electron chi connectivity index (χ1n) is 21.4. The Balaban J connectivity index is 0.000000283. The molecular weight excluding hydrogens is 844 g/mol. The van der Waals surface area contributed by atoms with Gasteiger partial charge in [-0.05, 0) is 56.9 Å². The molecule has 0 spiro atoms. The van der Waals surface area contributed by atoms with Crippen LogP contribution in [0.5, 0.6) is 0 Å². The smallest absolute Gasteiger partial charge is 0.408 e. The van der Waals surface area contributed by atoms with E-state index in [1.807, 2.05) is 128 Å². The Bertz CT molecular complexity index is 1940. The molecule has 64 heavy (non-hydrogen) atoms. The van der Waals surface area contributed by atoms with Crippen molar-refractivity contribution in [1.82, 2.24) is 5.32 Å². The van der Waals surface area contributed by atoms with Crippen LogP contribution in [-0.2, 0) is 78.6 Å². The summed E-state index contributed by atoms with van der Waals surface area (Å²) in [5.41, 5.74) is 7.20. The molecule has 8 atom stereocenters. The molecule has 0 radical (unpaired) electrons.